The molecule has 0 atom stereocenters. The second-order valence-corrected chi connectivity index (χ2v) is 4.04. The van der Waals surface area contributed by atoms with Crippen LogP contribution in [-0.2, 0) is 6.54 Å². The van der Waals surface area contributed by atoms with E-state index in [1.807, 2.05) is 18.2 Å². The lowest BCUT2D eigenvalue weighted by atomic mass is 10.1. The second-order valence-electron chi connectivity index (χ2n) is 4.04. The van der Waals surface area contributed by atoms with Crippen molar-refractivity contribution in [3.63, 3.8) is 0 Å². The summed E-state index contributed by atoms with van der Waals surface area (Å²) in [4.78, 5) is 2.19. The zero-order valence-electron chi connectivity index (χ0n) is 9.64. The monoisotopic (exact) mass is 223 g/mol. The SMILES string of the molecule is COc1ccc(CN2CC(O)C2)cc1OC. The molecule has 0 aliphatic carbocycles. The number of methoxy groups -OCH3 is 2. The molecule has 16 heavy (non-hydrogen) atoms. The standard InChI is InChI=1S/C12H17NO3/c1-15-11-4-3-9(5-12(11)16-2)6-13-7-10(14)8-13/h3-5,10,14H,6-8H2,1-2H3. The van der Waals surface area contributed by atoms with Gasteiger partial charge in [0.1, 0.15) is 0 Å². The molecule has 1 aliphatic heterocycles. The Morgan fingerprint density at radius 2 is 1.94 bits per heavy atom. The molecule has 0 unspecified atom stereocenters. The molecule has 1 saturated heterocycles. The normalized spacial score (nSPS) is 16.9. The molecule has 2 rings (SSSR count). The molecule has 1 aliphatic rings. The van der Waals surface area contributed by atoms with Crippen LogP contribution in [0.25, 0.3) is 0 Å². The number of benzene rings is 1. The first-order chi connectivity index (χ1) is 7.72. The Kier molecular flexibility index (Phi) is 3.31. The number of rotatable bonds is 4. The summed E-state index contributed by atoms with van der Waals surface area (Å²) in [5, 5.41) is 9.19. The zero-order valence-corrected chi connectivity index (χ0v) is 9.64. The number of β-amino-alcohol motifs (C(OH)–C–C–N with tert-alkyl or cyclic N) is 1. The molecule has 0 saturated carbocycles. The van der Waals surface area contributed by atoms with Crippen molar-refractivity contribution in [2.45, 2.75) is 12.6 Å². The molecule has 0 radical (unpaired) electrons. The molecule has 0 aromatic heterocycles. The van der Waals surface area contributed by atoms with Crippen LogP contribution in [-0.4, -0.2) is 43.4 Å². The molecule has 1 aromatic carbocycles. The lowest BCUT2D eigenvalue weighted by Crippen LogP contribution is -2.49. The fourth-order valence-corrected chi connectivity index (χ4v) is 1.91. The maximum Gasteiger partial charge on any atom is 0.161 e. The molecular weight excluding hydrogens is 206 g/mol. The van der Waals surface area contributed by atoms with Crippen molar-refractivity contribution in [3.8, 4) is 11.5 Å². The van der Waals surface area contributed by atoms with E-state index in [1.54, 1.807) is 14.2 Å². The van der Waals surface area contributed by atoms with Crippen molar-refractivity contribution in [2.75, 3.05) is 27.3 Å². The van der Waals surface area contributed by atoms with E-state index >= 15 is 0 Å². The van der Waals surface area contributed by atoms with Gasteiger partial charge in [-0.25, -0.2) is 0 Å². The van der Waals surface area contributed by atoms with E-state index in [0.717, 1.165) is 31.1 Å². The van der Waals surface area contributed by atoms with Gasteiger partial charge in [0.2, 0.25) is 0 Å². The van der Waals surface area contributed by atoms with Gasteiger partial charge in [0.15, 0.2) is 11.5 Å². The van der Waals surface area contributed by atoms with Gasteiger partial charge in [-0.1, -0.05) is 6.07 Å². The fourth-order valence-electron chi connectivity index (χ4n) is 1.91. The number of likely N-dealkylation sites (tertiary alicyclic amines) is 1. The lowest BCUT2D eigenvalue weighted by molar-refractivity contribution is -0.00289. The van der Waals surface area contributed by atoms with Gasteiger partial charge in [0.05, 0.1) is 20.3 Å². The van der Waals surface area contributed by atoms with E-state index in [2.05, 4.69) is 4.90 Å². The molecule has 0 spiro atoms. The van der Waals surface area contributed by atoms with Gasteiger partial charge in [0.25, 0.3) is 0 Å². The van der Waals surface area contributed by atoms with Gasteiger partial charge in [-0.15, -0.1) is 0 Å². The molecular formula is C12H17NO3. The van der Waals surface area contributed by atoms with Crippen LogP contribution in [0.2, 0.25) is 0 Å². The highest BCUT2D eigenvalue weighted by Gasteiger charge is 2.24. The Bertz CT molecular complexity index is 361. The minimum absolute atomic E-state index is 0.153. The van der Waals surface area contributed by atoms with Crippen LogP contribution in [0.3, 0.4) is 0 Å². The summed E-state index contributed by atoms with van der Waals surface area (Å²) >= 11 is 0. The summed E-state index contributed by atoms with van der Waals surface area (Å²) in [5.74, 6) is 1.50. The predicted molar refractivity (Wildman–Crippen MR) is 60.8 cm³/mol. The summed E-state index contributed by atoms with van der Waals surface area (Å²) in [6.45, 7) is 2.36. The zero-order chi connectivity index (χ0) is 11.5. The number of aliphatic hydroxyl groups excluding tert-OH is 1. The summed E-state index contributed by atoms with van der Waals surface area (Å²) in [6.07, 6.45) is -0.153. The highest BCUT2D eigenvalue weighted by molar-refractivity contribution is 5.42. The number of hydrogen-bond donors (Lipinski definition) is 1. The van der Waals surface area contributed by atoms with E-state index in [4.69, 9.17) is 9.47 Å². The summed E-state index contributed by atoms with van der Waals surface area (Å²) in [7, 11) is 3.26. The first kappa shape index (κ1) is 11.2. The molecule has 0 amide bonds. The molecule has 1 heterocycles. The van der Waals surface area contributed by atoms with Crippen LogP contribution in [0.15, 0.2) is 18.2 Å². The van der Waals surface area contributed by atoms with Gasteiger partial charge in [-0.05, 0) is 17.7 Å². The number of nitrogens with zero attached hydrogens (tertiary/aromatic N) is 1. The predicted octanol–water partition coefficient (Wildman–Crippen LogP) is 0.880. The van der Waals surface area contributed by atoms with Crippen LogP contribution >= 0.6 is 0 Å². The van der Waals surface area contributed by atoms with Gasteiger partial charge in [0, 0.05) is 19.6 Å². The third-order valence-corrected chi connectivity index (χ3v) is 2.79. The maximum absolute atomic E-state index is 9.19. The summed E-state index contributed by atoms with van der Waals surface area (Å²) in [6, 6.07) is 5.90. The topological polar surface area (TPSA) is 41.9 Å². The van der Waals surface area contributed by atoms with Gasteiger partial charge >= 0.3 is 0 Å². The largest absolute Gasteiger partial charge is 0.493 e. The van der Waals surface area contributed by atoms with Crippen molar-refractivity contribution in [1.82, 2.24) is 4.90 Å². The summed E-state index contributed by atoms with van der Waals surface area (Å²) < 4.78 is 10.4. The minimum Gasteiger partial charge on any atom is -0.493 e. The quantitative estimate of drug-likeness (QED) is 0.822. The third-order valence-electron chi connectivity index (χ3n) is 2.79. The molecule has 4 nitrogen and oxygen atoms in total. The summed E-state index contributed by atoms with van der Waals surface area (Å²) in [5.41, 5.74) is 1.17. The Morgan fingerprint density at radius 3 is 2.50 bits per heavy atom. The Morgan fingerprint density at radius 1 is 1.25 bits per heavy atom. The fraction of sp³-hybridized carbons (Fsp3) is 0.500. The number of ether oxygens (including phenoxy) is 2. The first-order valence-electron chi connectivity index (χ1n) is 5.34. The molecule has 1 aromatic rings. The van der Waals surface area contributed by atoms with Gasteiger partial charge in [-0.2, -0.15) is 0 Å². The number of hydrogen-bond acceptors (Lipinski definition) is 4. The molecule has 88 valence electrons. The average Bonchev–Trinajstić information content (AvgIpc) is 2.27. The Hall–Kier alpha value is -1.26. The van der Waals surface area contributed by atoms with Crippen LogP contribution in [0.1, 0.15) is 5.56 Å². The van der Waals surface area contributed by atoms with E-state index < -0.39 is 0 Å². The number of aliphatic hydroxyl groups is 1. The maximum atomic E-state index is 9.19. The molecule has 0 bridgehead atoms. The van der Waals surface area contributed by atoms with Gasteiger partial charge in [-0.3, -0.25) is 4.90 Å². The van der Waals surface area contributed by atoms with Crippen molar-refractivity contribution in [2.24, 2.45) is 0 Å². The van der Waals surface area contributed by atoms with Crippen molar-refractivity contribution >= 4 is 0 Å². The smallest absolute Gasteiger partial charge is 0.161 e. The minimum atomic E-state index is -0.153. The Balaban J connectivity index is 2.04. The van der Waals surface area contributed by atoms with E-state index in [-0.39, 0.29) is 6.10 Å². The van der Waals surface area contributed by atoms with Crippen LogP contribution < -0.4 is 9.47 Å². The van der Waals surface area contributed by atoms with Gasteiger partial charge < -0.3 is 14.6 Å². The highest BCUT2D eigenvalue weighted by Crippen LogP contribution is 2.28. The average molecular weight is 223 g/mol. The third kappa shape index (κ3) is 2.28. The highest BCUT2D eigenvalue weighted by atomic mass is 16.5. The molecule has 1 N–H and O–H groups in total. The van der Waals surface area contributed by atoms with Crippen LogP contribution in [0.4, 0.5) is 0 Å². The molecule has 1 fully saturated rings. The van der Waals surface area contributed by atoms with E-state index in [1.165, 1.54) is 5.56 Å². The van der Waals surface area contributed by atoms with E-state index in [0.29, 0.717) is 0 Å². The Labute approximate surface area is 95.4 Å². The van der Waals surface area contributed by atoms with E-state index in [9.17, 15) is 5.11 Å². The second kappa shape index (κ2) is 4.72. The molecule has 4 heteroatoms. The van der Waals surface area contributed by atoms with Crippen LogP contribution in [0.5, 0.6) is 11.5 Å². The first-order valence-corrected chi connectivity index (χ1v) is 5.34. The van der Waals surface area contributed by atoms with Crippen molar-refractivity contribution in [3.05, 3.63) is 23.8 Å². The van der Waals surface area contributed by atoms with Crippen molar-refractivity contribution in [1.29, 1.82) is 0 Å². The lowest BCUT2D eigenvalue weighted by Gasteiger charge is -2.35. The van der Waals surface area contributed by atoms with Crippen molar-refractivity contribution < 1.29 is 14.6 Å². The van der Waals surface area contributed by atoms with Crippen LogP contribution in [0, 0.1) is 0 Å².